The molecule has 0 N–H and O–H groups in total. The molecule has 23 heavy (non-hydrogen) atoms. The first-order valence-corrected chi connectivity index (χ1v) is 7.02. The van der Waals surface area contributed by atoms with E-state index in [1.807, 2.05) is 42.5 Å². The first kappa shape index (κ1) is 14.6. The first-order valence-electron chi connectivity index (χ1n) is 7.02. The van der Waals surface area contributed by atoms with Gasteiger partial charge in [0.05, 0.1) is 17.1 Å². The molecule has 5 heteroatoms. The summed E-state index contributed by atoms with van der Waals surface area (Å²) in [5.74, 6) is -0.553. The second-order valence-electron chi connectivity index (χ2n) is 4.80. The fourth-order valence-electron chi connectivity index (χ4n) is 2.16. The van der Waals surface area contributed by atoms with Gasteiger partial charge in [-0.3, -0.25) is 9.59 Å². The van der Waals surface area contributed by atoms with Gasteiger partial charge in [0.1, 0.15) is 0 Å². The van der Waals surface area contributed by atoms with E-state index in [0.717, 1.165) is 11.4 Å². The van der Waals surface area contributed by atoms with Crippen molar-refractivity contribution in [3.63, 3.8) is 0 Å². The molecule has 0 aliphatic carbocycles. The smallest absolute Gasteiger partial charge is 0.242 e. The van der Waals surface area contributed by atoms with Crippen LogP contribution in [0.1, 0.15) is 10.5 Å². The van der Waals surface area contributed by atoms with Crippen LogP contribution in [0.15, 0.2) is 83.2 Å². The summed E-state index contributed by atoms with van der Waals surface area (Å²) in [5.41, 5.74) is 2.59. The van der Waals surface area contributed by atoms with Gasteiger partial charge in [-0.2, -0.15) is 10.2 Å². The van der Waals surface area contributed by atoms with Crippen LogP contribution in [-0.2, 0) is 4.79 Å². The molecule has 0 aliphatic rings. The van der Waals surface area contributed by atoms with Crippen LogP contribution in [0.4, 0.5) is 11.4 Å². The van der Waals surface area contributed by atoms with Gasteiger partial charge in [-0.25, -0.2) is 0 Å². The molecule has 0 atom stereocenters. The molecule has 3 rings (SSSR count). The highest BCUT2D eigenvalue weighted by molar-refractivity contribution is 6.32. The van der Waals surface area contributed by atoms with Crippen molar-refractivity contribution in [3.05, 3.63) is 78.6 Å². The van der Waals surface area contributed by atoms with Gasteiger partial charge >= 0.3 is 0 Å². The predicted octanol–water partition coefficient (Wildman–Crippen LogP) is 4.27. The summed E-state index contributed by atoms with van der Waals surface area (Å²) in [6.45, 7) is 0. The standard InChI is InChI=1S/C18H13N3O2/c22-13-18(23)17-7-4-12-21(17)16-10-8-15(9-11-16)20-19-14-5-2-1-3-6-14/h1-13H. The molecule has 1 aromatic heterocycles. The van der Waals surface area contributed by atoms with Crippen LogP contribution in [0.2, 0.25) is 0 Å². The molecule has 3 aromatic rings. The second kappa shape index (κ2) is 6.62. The molecule has 5 nitrogen and oxygen atoms in total. The Hall–Kier alpha value is -3.34. The maximum absolute atomic E-state index is 11.6. The molecular weight excluding hydrogens is 290 g/mol. The molecule has 0 aliphatic heterocycles. The van der Waals surface area contributed by atoms with Crippen LogP contribution in [0, 0.1) is 0 Å². The van der Waals surface area contributed by atoms with Gasteiger partial charge in [0.2, 0.25) is 5.78 Å². The van der Waals surface area contributed by atoms with Gasteiger partial charge < -0.3 is 4.57 Å². The molecule has 0 spiro atoms. The van der Waals surface area contributed by atoms with Crippen molar-refractivity contribution < 1.29 is 9.59 Å². The molecule has 0 amide bonds. The van der Waals surface area contributed by atoms with Crippen molar-refractivity contribution in [1.82, 2.24) is 4.57 Å². The van der Waals surface area contributed by atoms with Crippen molar-refractivity contribution >= 4 is 23.4 Å². The van der Waals surface area contributed by atoms with E-state index in [-0.39, 0.29) is 0 Å². The van der Waals surface area contributed by atoms with Gasteiger partial charge in [0.15, 0.2) is 6.29 Å². The zero-order valence-corrected chi connectivity index (χ0v) is 12.2. The Morgan fingerprint density at radius 3 is 2.13 bits per heavy atom. The lowest BCUT2D eigenvalue weighted by molar-refractivity contribution is -0.104. The minimum atomic E-state index is -0.553. The van der Waals surface area contributed by atoms with Gasteiger partial charge in [0.25, 0.3) is 0 Å². The number of benzene rings is 2. The quantitative estimate of drug-likeness (QED) is 0.306. The Morgan fingerprint density at radius 1 is 0.826 bits per heavy atom. The van der Waals surface area contributed by atoms with Crippen molar-refractivity contribution in [1.29, 1.82) is 0 Å². The number of hydrogen-bond acceptors (Lipinski definition) is 4. The minimum Gasteiger partial charge on any atom is -0.314 e. The number of rotatable bonds is 5. The summed E-state index contributed by atoms with van der Waals surface area (Å²) in [6, 6.07) is 20.0. The minimum absolute atomic E-state index is 0.314. The average molecular weight is 303 g/mol. The maximum atomic E-state index is 11.6. The molecule has 0 saturated carbocycles. The summed E-state index contributed by atoms with van der Waals surface area (Å²) >= 11 is 0. The highest BCUT2D eigenvalue weighted by Gasteiger charge is 2.10. The molecule has 1 heterocycles. The topological polar surface area (TPSA) is 63.8 Å². The monoisotopic (exact) mass is 303 g/mol. The molecule has 2 aromatic carbocycles. The second-order valence-corrected chi connectivity index (χ2v) is 4.80. The molecule has 0 fully saturated rings. The third-order valence-electron chi connectivity index (χ3n) is 3.27. The number of nitrogens with zero attached hydrogens (tertiary/aromatic N) is 3. The molecular formula is C18H13N3O2. The normalized spacial score (nSPS) is 10.8. The van der Waals surface area contributed by atoms with Crippen LogP contribution < -0.4 is 0 Å². The summed E-state index contributed by atoms with van der Waals surface area (Å²) < 4.78 is 1.66. The Labute approximate surface area is 132 Å². The highest BCUT2D eigenvalue weighted by Crippen LogP contribution is 2.20. The van der Waals surface area contributed by atoms with Gasteiger partial charge in [-0.15, -0.1) is 0 Å². The van der Waals surface area contributed by atoms with Crippen molar-refractivity contribution in [2.24, 2.45) is 10.2 Å². The highest BCUT2D eigenvalue weighted by atomic mass is 16.2. The summed E-state index contributed by atoms with van der Waals surface area (Å²) in [7, 11) is 0. The third kappa shape index (κ3) is 3.29. The zero-order valence-electron chi connectivity index (χ0n) is 12.2. The number of carbonyl (C=O) groups excluding carboxylic acids is 2. The van der Waals surface area contributed by atoms with Crippen LogP contribution >= 0.6 is 0 Å². The third-order valence-corrected chi connectivity index (χ3v) is 3.27. The number of hydrogen-bond donors (Lipinski definition) is 0. The van der Waals surface area contributed by atoms with E-state index in [1.165, 1.54) is 0 Å². The van der Waals surface area contributed by atoms with E-state index in [2.05, 4.69) is 10.2 Å². The van der Waals surface area contributed by atoms with Crippen molar-refractivity contribution in [2.45, 2.75) is 0 Å². The van der Waals surface area contributed by atoms with E-state index < -0.39 is 5.78 Å². The number of aromatic nitrogens is 1. The van der Waals surface area contributed by atoms with E-state index >= 15 is 0 Å². The average Bonchev–Trinajstić information content (AvgIpc) is 3.10. The van der Waals surface area contributed by atoms with Crippen LogP contribution in [0.3, 0.4) is 0 Å². The van der Waals surface area contributed by atoms with E-state index in [9.17, 15) is 9.59 Å². The SMILES string of the molecule is O=CC(=O)c1cccn1-c1ccc(N=Nc2ccccc2)cc1. The number of azo groups is 1. The number of ketones is 1. The zero-order chi connectivity index (χ0) is 16.1. The molecule has 112 valence electrons. The summed E-state index contributed by atoms with van der Waals surface area (Å²) in [4.78, 5) is 22.2. The van der Waals surface area contributed by atoms with Gasteiger partial charge in [-0.05, 0) is 48.5 Å². The Kier molecular flexibility index (Phi) is 4.20. The fourth-order valence-corrected chi connectivity index (χ4v) is 2.16. The molecule has 0 saturated heterocycles. The fraction of sp³-hybridized carbons (Fsp3) is 0. The number of carbonyl (C=O) groups is 2. The predicted molar refractivity (Wildman–Crippen MR) is 86.8 cm³/mol. The van der Waals surface area contributed by atoms with Crippen LogP contribution in [0.25, 0.3) is 5.69 Å². The lowest BCUT2D eigenvalue weighted by Gasteiger charge is -2.06. The summed E-state index contributed by atoms with van der Waals surface area (Å²) in [5, 5.41) is 8.31. The number of Topliss-reactive ketones (excluding diaryl/α,β-unsaturated/α-hetero) is 1. The van der Waals surface area contributed by atoms with Crippen molar-refractivity contribution in [3.8, 4) is 5.69 Å². The maximum Gasteiger partial charge on any atom is 0.242 e. The summed E-state index contributed by atoms with van der Waals surface area (Å²) in [6.07, 6.45) is 2.05. The van der Waals surface area contributed by atoms with E-state index in [4.69, 9.17) is 0 Å². The van der Waals surface area contributed by atoms with Gasteiger partial charge in [-0.1, -0.05) is 18.2 Å². The Bertz CT molecular complexity index is 849. The Balaban J connectivity index is 1.83. The van der Waals surface area contributed by atoms with E-state index in [1.54, 1.807) is 35.0 Å². The van der Waals surface area contributed by atoms with Crippen LogP contribution in [0.5, 0.6) is 0 Å². The number of aldehydes is 1. The molecule has 0 unspecified atom stereocenters. The van der Waals surface area contributed by atoms with Crippen LogP contribution in [-0.4, -0.2) is 16.6 Å². The lowest BCUT2D eigenvalue weighted by Crippen LogP contribution is -2.07. The largest absolute Gasteiger partial charge is 0.314 e. The van der Waals surface area contributed by atoms with Gasteiger partial charge in [0, 0.05) is 11.9 Å². The first-order chi connectivity index (χ1) is 11.3. The lowest BCUT2D eigenvalue weighted by atomic mass is 10.2. The Morgan fingerprint density at radius 2 is 1.48 bits per heavy atom. The van der Waals surface area contributed by atoms with E-state index in [0.29, 0.717) is 17.7 Å². The van der Waals surface area contributed by atoms with Crippen molar-refractivity contribution in [2.75, 3.05) is 0 Å². The molecule has 0 radical (unpaired) electrons. The molecule has 0 bridgehead atoms.